The maximum absolute atomic E-state index is 14.7. The molecule has 0 unspecified atom stereocenters. The van der Waals surface area contributed by atoms with Crippen LogP contribution in [0.1, 0.15) is 17.2 Å². The first-order valence-electron chi connectivity index (χ1n) is 12.3. The highest BCUT2D eigenvalue weighted by Gasteiger charge is 2.72. The Morgan fingerprint density at radius 2 is 1.24 bits per heavy atom. The molecule has 0 N–H and O–H groups in total. The van der Waals surface area contributed by atoms with Gasteiger partial charge in [-0.3, -0.25) is 14.4 Å². The van der Waals surface area contributed by atoms with E-state index in [1.165, 1.54) is 4.90 Å². The predicted molar refractivity (Wildman–Crippen MR) is 143 cm³/mol. The maximum Gasteiger partial charge on any atom is 0.267 e. The molecule has 6 rings (SSSR count). The lowest BCUT2D eigenvalue weighted by Gasteiger charge is -2.35. The molecule has 0 aliphatic carbocycles. The van der Waals surface area contributed by atoms with Crippen LogP contribution < -0.4 is 19.4 Å². The Labute approximate surface area is 220 Å². The zero-order chi connectivity index (χ0) is 26.3. The topological polar surface area (TPSA) is 68.3 Å². The van der Waals surface area contributed by atoms with Gasteiger partial charge in [0.1, 0.15) is 23.0 Å². The number of amides is 2. The maximum atomic E-state index is 14.7. The van der Waals surface area contributed by atoms with Gasteiger partial charge in [0.15, 0.2) is 6.10 Å². The molecule has 0 radical (unpaired) electrons. The van der Waals surface area contributed by atoms with Crippen LogP contribution in [-0.2, 0) is 19.8 Å². The molecule has 0 aromatic heterocycles. The van der Waals surface area contributed by atoms with Crippen molar-refractivity contribution in [1.82, 2.24) is 0 Å². The highest BCUT2D eigenvalue weighted by molar-refractivity contribution is 6.28. The minimum Gasteiger partial charge on any atom is -0.497 e. The number of fused-ring (bicyclic) bond motifs is 1. The zero-order valence-electron chi connectivity index (χ0n) is 21.0. The van der Waals surface area contributed by atoms with Crippen molar-refractivity contribution in [2.24, 2.45) is 0 Å². The highest BCUT2D eigenvalue weighted by Crippen LogP contribution is 2.57. The lowest BCUT2D eigenvalue weighted by molar-refractivity contribution is -0.126. The zero-order valence-corrected chi connectivity index (χ0v) is 21.0. The second-order valence-electron chi connectivity index (χ2n) is 9.23. The van der Waals surface area contributed by atoms with Gasteiger partial charge in [0.2, 0.25) is 5.91 Å². The van der Waals surface area contributed by atoms with E-state index < -0.39 is 23.5 Å². The largest absolute Gasteiger partial charge is 0.497 e. The van der Waals surface area contributed by atoms with E-state index in [0.717, 1.165) is 11.3 Å². The molecule has 0 saturated carbocycles. The van der Waals surface area contributed by atoms with E-state index >= 15 is 0 Å². The molecule has 0 bridgehead atoms. The van der Waals surface area contributed by atoms with E-state index in [4.69, 9.17) is 14.3 Å². The number of benzene rings is 4. The summed E-state index contributed by atoms with van der Waals surface area (Å²) in [7, 11) is 3.18. The summed E-state index contributed by atoms with van der Waals surface area (Å²) in [6.45, 7) is 0. The summed E-state index contributed by atoms with van der Waals surface area (Å²) in [4.78, 5) is 36.5. The standard InChI is InChI=1S/C31H26N2O5/c1-36-25-17-13-21(14-18-25)27-31(22-9-5-3-6-10-22)28(38-33(27)24-11-7-4-8-12-24)29(34)32(30(31)35)23-15-19-26(37-2)20-16-23/h3-20,27-28H,1-2H3/t27-,28-,31+/m1/s1. The number of nitrogens with zero attached hydrogens (tertiary/aromatic N) is 2. The third-order valence-electron chi connectivity index (χ3n) is 7.32. The van der Waals surface area contributed by atoms with Gasteiger partial charge >= 0.3 is 0 Å². The van der Waals surface area contributed by atoms with Gasteiger partial charge < -0.3 is 9.47 Å². The third kappa shape index (κ3) is 3.47. The normalized spacial score (nSPS) is 22.5. The lowest BCUT2D eigenvalue weighted by atomic mass is 9.69. The molecule has 7 heteroatoms. The molecule has 4 aromatic carbocycles. The van der Waals surface area contributed by atoms with E-state index in [2.05, 4.69) is 0 Å². The van der Waals surface area contributed by atoms with Crippen molar-refractivity contribution in [3.63, 3.8) is 0 Å². The summed E-state index contributed by atoms with van der Waals surface area (Å²) < 4.78 is 10.7. The SMILES string of the molecule is COc1ccc([C@H]2N(c3ccccc3)O[C@@H]3C(=O)N(c4ccc(OC)cc4)C(=O)[C@]32c2ccccc2)cc1. The molecule has 0 spiro atoms. The number of imide groups is 1. The summed E-state index contributed by atoms with van der Waals surface area (Å²) >= 11 is 0. The Morgan fingerprint density at radius 3 is 1.82 bits per heavy atom. The first-order chi connectivity index (χ1) is 18.6. The molecular weight excluding hydrogens is 480 g/mol. The van der Waals surface area contributed by atoms with Crippen molar-refractivity contribution in [2.45, 2.75) is 17.6 Å². The Morgan fingerprint density at radius 1 is 0.684 bits per heavy atom. The van der Waals surface area contributed by atoms with Crippen LogP contribution in [0.3, 0.4) is 0 Å². The number of carbonyl (C=O) groups excluding carboxylic acids is 2. The second kappa shape index (κ2) is 9.36. The van der Waals surface area contributed by atoms with E-state index in [1.807, 2.05) is 84.9 Å². The Kier molecular flexibility index (Phi) is 5.85. The van der Waals surface area contributed by atoms with Crippen LogP contribution in [0.4, 0.5) is 11.4 Å². The van der Waals surface area contributed by atoms with Gasteiger partial charge in [0, 0.05) is 0 Å². The predicted octanol–water partition coefficient (Wildman–Crippen LogP) is 5.08. The third-order valence-corrected chi connectivity index (χ3v) is 7.32. The summed E-state index contributed by atoms with van der Waals surface area (Å²) in [6, 6.07) is 32.8. The van der Waals surface area contributed by atoms with Crippen molar-refractivity contribution in [3.8, 4) is 11.5 Å². The average Bonchev–Trinajstić information content (AvgIpc) is 3.45. The molecule has 38 heavy (non-hydrogen) atoms. The van der Waals surface area contributed by atoms with Crippen molar-refractivity contribution < 1.29 is 23.9 Å². The lowest BCUT2D eigenvalue weighted by Crippen LogP contribution is -2.46. The number of carbonyl (C=O) groups is 2. The summed E-state index contributed by atoms with van der Waals surface area (Å²) in [6.07, 6.45) is -1.08. The fraction of sp³-hybridized carbons (Fsp3) is 0.161. The molecule has 190 valence electrons. The number of hydrogen-bond donors (Lipinski definition) is 0. The van der Waals surface area contributed by atoms with E-state index in [-0.39, 0.29) is 5.91 Å². The highest BCUT2D eigenvalue weighted by atomic mass is 16.7. The molecule has 2 aliphatic rings. The smallest absolute Gasteiger partial charge is 0.267 e. The fourth-order valence-electron chi connectivity index (χ4n) is 5.55. The Bertz CT molecular complexity index is 1460. The molecule has 2 heterocycles. The summed E-state index contributed by atoms with van der Waals surface area (Å²) in [5.41, 5.74) is 1.39. The van der Waals surface area contributed by atoms with Crippen molar-refractivity contribution in [1.29, 1.82) is 0 Å². The first kappa shape index (κ1) is 23.8. The van der Waals surface area contributed by atoms with Gasteiger partial charge in [0.25, 0.3) is 5.91 Å². The minimum atomic E-state index is -1.34. The van der Waals surface area contributed by atoms with Gasteiger partial charge in [-0.1, -0.05) is 60.7 Å². The monoisotopic (exact) mass is 506 g/mol. The van der Waals surface area contributed by atoms with Gasteiger partial charge in [-0.05, 0) is 59.7 Å². The Balaban J connectivity index is 1.58. The average molecular weight is 507 g/mol. The fourth-order valence-corrected chi connectivity index (χ4v) is 5.55. The number of anilines is 2. The van der Waals surface area contributed by atoms with Gasteiger partial charge in [-0.15, -0.1) is 0 Å². The van der Waals surface area contributed by atoms with E-state index in [1.54, 1.807) is 43.5 Å². The molecule has 4 aromatic rings. The molecule has 7 nitrogen and oxygen atoms in total. The quantitative estimate of drug-likeness (QED) is 0.340. The van der Waals surface area contributed by atoms with Crippen molar-refractivity contribution >= 4 is 23.2 Å². The molecule has 2 amide bonds. The van der Waals surface area contributed by atoms with Crippen molar-refractivity contribution in [2.75, 3.05) is 24.2 Å². The number of rotatable bonds is 6. The van der Waals surface area contributed by atoms with Crippen LogP contribution in [0.5, 0.6) is 11.5 Å². The summed E-state index contributed by atoms with van der Waals surface area (Å²) in [5, 5.41) is 1.71. The van der Waals surface area contributed by atoms with Crippen LogP contribution in [0.15, 0.2) is 109 Å². The molecule has 2 aliphatic heterocycles. The Hall–Kier alpha value is -4.62. The van der Waals surface area contributed by atoms with E-state index in [9.17, 15) is 9.59 Å². The van der Waals surface area contributed by atoms with Crippen molar-refractivity contribution in [3.05, 3.63) is 120 Å². The van der Waals surface area contributed by atoms with Gasteiger partial charge in [0.05, 0.1) is 25.6 Å². The van der Waals surface area contributed by atoms with Gasteiger partial charge in [-0.25, -0.2) is 9.96 Å². The number of methoxy groups -OCH3 is 2. The number of ether oxygens (including phenoxy) is 2. The molecule has 3 atom stereocenters. The molecule has 2 saturated heterocycles. The second-order valence-corrected chi connectivity index (χ2v) is 9.23. The molecule has 2 fully saturated rings. The van der Waals surface area contributed by atoms with Crippen LogP contribution in [0, 0.1) is 0 Å². The number of para-hydroxylation sites is 1. The van der Waals surface area contributed by atoms with Crippen LogP contribution >= 0.6 is 0 Å². The molecular formula is C31H26N2O5. The van der Waals surface area contributed by atoms with Crippen LogP contribution in [0.2, 0.25) is 0 Å². The summed E-state index contributed by atoms with van der Waals surface area (Å²) in [5.74, 6) is 0.565. The van der Waals surface area contributed by atoms with Crippen LogP contribution in [0.25, 0.3) is 0 Å². The number of hydrogen-bond acceptors (Lipinski definition) is 6. The first-order valence-corrected chi connectivity index (χ1v) is 12.3. The minimum absolute atomic E-state index is 0.344. The van der Waals surface area contributed by atoms with Crippen LogP contribution in [-0.4, -0.2) is 32.1 Å². The van der Waals surface area contributed by atoms with Gasteiger partial charge in [-0.2, -0.15) is 0 Å². The van der Waals surface area contributed by atoms with E-state index in [0.29, 0.717) is 22.7 Å². The number of hydroxylamine groups is 1.